The number of pyridine rings is 1. The lowest BCUT2D eigenvalue weighted by atomic mass is 10.1. The van der Waals surface area contributed by atoms with E-state index in [9.17, 15) is 9.18 Å². The number of para-hydroxylation sites is 1. The van der Waals surface area contributed by atoms with E-state index in [4.69, 9.17) is 0 Å². The maximum Gasteiger partial charge on any atom is 0.259 e. The first kappa shape index (κ1) is 18.4. The highest BCUT2D eigenvalue weighted by Crippen LogP contribution is 2.26. The summed E-state index contributed by atoms with van der Waals surface area (Å²) in [4.78, 5) is 12.1. The molecule has 0 unspecified atom stereocenters. The molecule has 2 N–H and O–H groups in total. The average molecular weight is 386 g/mol. The minimum Gasteiger partial charge on any atom is -0.374 e. The lowest BCUT2D eigenvalue weighted by Gasteiger charge is -2.06. The molecule has 2 heterocycles. The predicted octanol–water partition coefficient (Wildman–Crippen LogP) is 4.31. The third-order valence-corrected chi connectivity index (χ3v) is 4.49. The van der Waals surface area contributed by atoms with Crippen LogP contribution in [-0.2, 0) is 4.79 Å². The summed E-state index contributed by atoms with van der Waals surface area (Å²) in [6.07, 6.45) is 3.57. The largest absolute Gasteiger partial charge is 0.374 e. The van der Waals surface area contributed by atoms with Gasteiger partial charge in [-0.25, -0.2) is 9.82 Å². The molecular weight excluding hydrogens is 367 g/mol. The monoisotopic (exact) mass is 386 g/mol. The zero-order valence-corrected chi connectivity index (χ0v) is 15.5. The van der Waals surface area contributed by atoms with Crippen molar-refractivity contribution in [3.05, 3.63) is 96.6 Å². The number of amides is 1. The highest BCUT2D eigenvalue weighted by molar-refractivity contribution is 5.93. The van der Waals surface area contributed by atoms with Crippen LogP contribution in [0.25, 0.3) is 16.6 Å². The molecule has 4 aromatic rings. The van der Waals surface area contributed by atoms with Crippen molar-refractivity contribution in [3.8, 4) is 11.1 Å². The van der Waals surface area contributed by atoms with Crippen LogP contribution in [0.3, 0.4) is 0 Å². The molecule has 0 bridgehead atoms. The van der Waals surface area contributed by atoms with Gasteiger partial charge in [0, 0.05) is 17.3 Å². The summed E-state index contributed by atoms with van der Waals surface area (Å²) in [5.74, 6) is -0.775. The Morgan fingerprint density at radius 2 is 1.76 bits per heavy atom. The van der Waals surface area contributed by atoms with Gasteiger partial charge in [-0.2, -0.15) is 5.10 Å². The van der Waals surface area contributed by atoms with Crippen LogP contribution in [0.5, 0.6) is 0 Å². The molecule has 0 aliphatic rings. The lowest BCUT2D eigenvalue weighted by molar-refractivity contribution is -0.119. The Morgan fingerprint density at radius 3 is 2.59 bits per heavy atom. The first-order valence-electron chi connectivity index (χ1n) is 9.18. The van der Waals surface area contributed by atoms with Gasteiger partial charge in [0.2, 0.25) is 0 Å². The smallest absolute Gasteiger partial charge is 0.259 e. The van der Waals surface area contributed by atoms with Gasteiger partial charge in [0.15, 0.2) is 0 Å². The van der Waals surface area contributed by atoms with E-state index in [2.05, 4.69) is 21.9 Å². The molecule has 0 fully saturated rings. The number of halogens is 1. The number of hydrazone groups is 1. The number of hydrogen-bond acceptors (Lipinski definition) is 3. The maximum absolute atomic E-state index is 13.6. The standard InChI is InChI=1S/C23H19FN4O/c24-20-11-4-5-12-21(20)25-16-23(29)27-26-15-22-19(17-8-2-1-3-9-17)14-18-10-6-7-13-28(18)22/h1-15,25H,16H2,(H,27,29). The van der Waals surface area contributed by atoms with Crippen LogP contribution in [0, 0.1) is 5.82 Å². The Bertz CT molecular complexity index is 1170. The molecule has 2 aromatic heterocycles. The number of carbonyl (C=O) groups is 1. The topological polar surface area (TPSA) is 57.9 Å². The van der Waals surface area contributed by atoms with Crippen LogP contribution in [-0.4, -0.2) is 23.1 Å². The van der Waals surface area contributed by atoms with Crippen molar-refractivity contribution < 1.29 is 9.18 Å². The number of aromatic nitrogens is 1. The predicted molar refractivity (Wildman–Crippen MR) is 113 cm³/mol. The van der Waals surface area contributed by atoms with Crippen molar-refractivity contribution in [1.82, 2.24) is 9.83 Å². The van der Waals surface area contributed by atoms with Crippen molar-refractivity contribution in [2.24, 2.45) is 5.10 Å². The van der Waals surface area contributed by atoms with Crippen LogP contribution < -0.4 is 10.7 Å². The fourth-order valence-electron chi connectivity index (χ4n) is 3.11. The molecule has 0 aliphatic carbocycles. The van der Waals surface area contributed by atoms with Gasteiger partial charge in [-0.1, -0.05) is 48.5 Å². The highest BCUT2D eigenvalue weighted by atomic mass is 19.1. The average Bonchev–Trinajstić information content (AvgIpc) is 3.12. The Balaban J connectivity index is 1.51. The molecule has 5 nitrogen and oxygen atoms in total. The van der Waals surface area contributed by atoms with E-state index in [1.165, 1.54) is 6.07 Å². The van der Waals surface area contributed by atoms with Crippen LogP contribution >= 0.6 is 0 Å². The van der Waals surface area contributed by atoms with Crippen molar-refractivity contribution in [1.29, 1.82) is 0 Å². The van der Waals surface area contributed by atoms with Gasteiger partial charge in [0.25, 0.3) is 5.91 Å². The van der Waals surface area contributed by atoms with E-state index in [0.29, 0.717) is 0 Å². The Morgan fingerprint density at radius 1 is 1.00 bits per heavy atom. The van der Waals surface area contributed by atoms with E-state index in [0.717, 1.165) is 22.3 Å². The van der Waals surface area contributed by atoms with Gasteiger partial charge < -0.3 is 9.72 Å². The summed E-state index contributed by atoms with van der Waals surface area (Å²) >= 11 is 0. The summed E-state index contributed by atoms with van der Waals surface area (Å²) in [5.41, 5.74) is 6.72. The second-order valence-corrected chi connectivity index (χ2v) is 6.43. The second-order valence-electron chi connectivity index (χ2n) is 6.43. The van der Waals surface area contributed by atoms with Crippen molar-refractivity contribution in [2.45, 2.75) is 0 Å². The molecular formula is C23H19FN4O. The fourth-order valence-corrected chi connectivity index (χ4v) is 3.11. The molecule has 1 amide bonds. The molecule has 2 aromatic carbocycles. The Hall–Kier alpha value is -3.93. The van der Waals surface area contributed by atoms with Crippen molar-refractivity contribution in [2.75, 3.05) is 11.9 Å². The number of nitrogens with one attached hydrogen (secondary N) is 2. The van der Waals surface area contributed by atoms with Crippen LogP contribution in [0.2, 0.25) is 0 Å². The van der Waals surface area contributed by atoms with Gasteiger partial charge in [0.1, 0.15) is 5.82 Å². The number of benzene rings is 2. The summed E-state index contributed by atoms with van der Waals surface area (Å²) in [6.45, 7) is -0.0846. The second kappa shape index (κ2) is 8.39. The molecule has 0 saturated heterocycles. The first-order valence-corrected chi connectivity index (χ1v) is 9.18. The third kappa shape index (κ3) is 4.16. The molecule has 4 rings (SSSR count). The number of anilines is 1. The molecule has 0 aliphatic heterocycles. The molecule has 0 spiro atoms. The van der Waals surface area contributed by atoms with E-state index in [1.807, 2.05) is 59.1 Å². The fraction of sp³-hybridized carbons (Fsp3) is 0.0435. The minimum atomic E-state index is -0.407. The first-order chi connectivity index (χ1) is 14.2. The number of nitrogens with zero attached hydrogens (tertiary/aromatic N) is 2. The molecule has 0 atom stereocenters. The van der Waals surface area contributed by atoms with Crippen molar-refractivity contribution in [3.63, 3.8) is 0 Å². The third-order valence-electron chi connectivity index (χ3n) is 4.49. The quantitative estimate of drug-likeness (QED) is 0.383. The molecule has 29 heavy (non-hydrogen) atoms. The summed E-state index contributed by atoms with van der Waals surface area (Å²) in [5, 5.41) is 6.86. The Kier molecular flexibility index (Phi) is 5.33. The highest BCUT2D eigenvalue weighted by Gasteiger charge is 2.10. The number of hydrogen-bond donors (Lipinski definition) is 2. The molecule has 6 heteroatoms. The normalized spacial score (nSPS) is 11.1. The lowest BCUT2D eigenvalue weighted by Crippen LogP contribution is -2.26. The summed E-state index contributed by atoms with van der Waals surface area (Å²) < 4.78 is 15.6. The van der Waals surface area contributed by atoms with Gasteiger partial charge in [-0.3, -0.25) is 4.79 Å². The number of carbonyl (C=O) groups excluding carboxylic acids is 1. The zero-order chi connectivity index (χ0) is 20.1. The molecule has 0 saturated carbocycles. The van der Waals surface area contributed by atoms with E-state index in [-0.39, 0.29) is 18.1 Å². The van der Waals surface area contributed by atoms with Gasteiger partial charge in [0.05, 0.1) is 24.1 Å². The molecule has 144 valence electrons. The van der Waals surface area contributed by atoms with Gasteiger partial charge in [-0.05, 0) is 35.9 Å². The number of fused-ring (bicyclic) bond motifs is 1. The zero-order valence-electron chi connectivity index (χ0n) is 15.5. The van der Waals surface area contributed by atoms with Crippen LogP contribution in [0.1, 0.15) is 5.69 Å². The number of rotatable bonds is 6. The maximum atomic E-state index is 13.6. The summed E-state index contributed by atoms with van der Waals surface area (Å²) in [6, 6.07) is 24.2. The molecule has 0 radical (unpaired) electrons. The van der Waals surface area contributed by atoms with Crippen molar-refractivity contribution >= 4 is 23.3 Å². The minimum absolute atomic E-state index is 0.0846. The van der Waals surface area contributed by atoms with E-state index in [1.54, 1.807) is 24.4 Å². The van der Waals surface area contributed by atoms with E-state index < -0.39 is 5.82 Å². The van der Waals surface area contributed by atoms with Crippen LogP contribution in [0.15, 0.2) is 90.2 Å². The van der Waals surface area contributed by atoms with E-state index >= 15 is 0 Å². The van der Waals surface area contributed by atoms with Gasteiger partial charge >= 0.3 is 0 Å². The summed E-state index contributed by atoms with van der Waals surface area (Å²) in [7, 11) is 0. The van der Waals surface area contributed by atoms with Crippen LogP contribution in [0.4, 0.5) is 10.1 Å². The Labute approximate surface area is 167 Å². The SMILES string of the molecule is O=C(CNc1ccccc1F)NN=Cc1c(-c2ccccc2)cc2ccccn12. The van der Waals surface area contributed by atoms with Gasteiger partial charge in [-0.15, -0.1) is 0 Å².